The molecule has 2 heterocycles. The zero-order chi connectivity index (χ0) is 18.6. The van der Waals surface area contributed by atoms with Gasteiger partial charge in [0, 0.05) is 27.1 Å². The average molecular weight is 415 g/mol. The summed E-state index contributed by atoms with van der Waals surface area (Å²) in [5, 5.41) is 14.3. The highest BCUT2D eigenvalue weighted by Crippen LogP contribution is 2.34. The molecular weight excluding hydrogens is 400 g/mol. The van der Waals surface area contributed by atoms with Crippen LogP contribution < -0.4 is 4.72 Å². The van der Waals surface area contributed by atoms with Crippen LogP contribution >= 0.6 is 34.9 Å². The van der Waals surface area contributed by atoms with Crippen LogP contribution in [0.25, 0.3) is 11.1 Å². The number of hydrogen-bond acceptors (Lipinski definition) is 6. The second kappa shape index (κ2) is 8.19. The second-order valence-electron chi connectivity index (χ2n) is 5.76. The number of halogens is 1. The van der Waals surface area contributed by atoms with Crippen molar-refractivity contribution in [1.29, 1.82) is 0 Å². The Balaban J connectivity index is 1.55. The summed E-state index contributed by atoms with van der Waals surface area (Å²) in [5.74, 6) is 0. The normalized spacial score (nSPS) is 12.1. The maximum absolute atomic E-state index is 10.9. The van der Waals surface area contributed by atoms with Gasteiger partial charge in [0.2, 0.25) is 0 Å². The lowest BCUT2D eigenvalue weighted by atomic mass is 9.94. The van der Waals surface area contributed by atoms with Gasteiger partial charge < -0.3 is 14.2 Å². The molecular formula is C20H15ClN2O2S2. The van der Waals surface area contributed by atoms with Crippen LogP contribution in [0.4, 0.5) is 5.13 Å². The third-order valence-electron chi connectivity index (χ3n) is 4.03. The van der Waals surface area contributed by atoms with E-state index in [4.69, 9.17) is 16.0 Å². The van der Waals surface area contributed by atoms with Crippen molar-refractivity contribution in [2.45, 2.75) is 11.0 Å². The number of thiazole rings is 1. The Morgan fingerprint density at radius 1 is 1.15 bits per heavy atom. The number of furan rings is 1. The first-order valence-electron chi connectivity index (χ1n) is 8.13. The van der Waals surface area contributed by atoms with Crippen LogP contribution in [-0.2, 0) is 0 Å². The molecule has 7 heteroatoms. The molecule has 4 nitrogen and oxygen atoms in total. The number of aliphatic hydroxyl groups excluding tert-OH is 1. The van der Waals surface area contributed by atoms with Gasteiger partial charge in [-0.25, -0.2) is 4.98 Å². The summed E-state index contributed by atoms with van der Waals surface area (Å²) < 4.78 is 8.38. The Kier molecular flexibility index (Phi) is 5.50. The first kappa shape index (κ1) is 18.1. The standard InChI is InChI=1S/C20H15ClN2O2S2/c21-15-3-6-17(18(11-15)14-7-9-25-12-14)19(24)13-1-4-16(5-2-13)27-23-20-22-8-10-26-20/h1-12,19,24H,(H,22,23). The van der Waals surface area contributed by atoms with Crippen molar-refractivity contribution < 1.29 is 9.52 Å². The molecule has 4 rings (SSSR count). The highest BCUT2D eigenvalue weighted by molar-refractivity contribution is 8.00. The van der Waals surface area contributed by atoms with Gasteiger partial charge in [-0.1, -0.05) is 29.8 Å². The number of aliphatic hydroxyl groups is 1. The smallest absolute Gasteiger partial charge is 0.192 e. The van der Waals surface area contributed by atoms with E-state index in [-0.39, 0.29) is 0 Å². The molecule has 0 fully saturated rings. The van der Waals surface area contributed by atoms with Crippen LogP contribution in [0.2, 0.25) is 5.02 Å². The lowest BCUT2D eigenvalue weighted by Crippen LogP contribution is -2.02. The van der Waals surface area contributed by atoms with Crippen LogP contribution in [-0.4, -0.2) is 10.1 Å². The fourth-order valence-corrected chi connectivity index (χ4v) is 4.10. The van der Waals surface area contributed by atoms with Gasteiger partial charge >= 0.3 is 0 Å². The molecule has 0 spiro atoms. The molecule has 27 heavy (non-hydrogen) atoms. The van der Waals surface area contributed by atoms with Crippen molar-refractivity contribution >= 4 is 40.0 Å². The summed E-state index contributed by atoms with van der Waals surface area (Å²) in [6.45, 7) is 0. The van der Waals surface area contributed by atoms with E-state index in [0.717, 1.165) is 32.3 Å². The van der Waals surface area contributed by atoms with Crippen LogP contribution in [0, 0.1) is 0 Å². The van der Waals surface area contributed by atoms with E-state index in [1.165, 1.54) is 11.9 Å². The molecule has 0 aliphatic heterocycles. The van der Waals surface area contributed by atoms with E-state index >= 15 is 0 Å². The van der Waals surface area contributed by atoms with E-state index < -0.39 is 6.10 Å². The molecule has 2 aromatic heterocycles. The molecule has 1 atom stereocenters. The second-order valence-corrected chi connectivity index (χ2v) is 7.97. The number of nitrogens with one attached hydrogen (secondary N) is 1. The first-order valence-corrected chi connectivity index (χ1v) is 10.2. The highest BCUT2D eigenvalue weighted by atomic mass is 35.5. The SMILES string of the molecule is OC(c1ccc(SNc2nccs2)cc1)c1ccc(Cl)cc1-c1ccoc1. The largest absolute Gasteiger partial charge is 0.472 e. The average Bonchev–Trinajstić information content (AvgIpc) is 3.40. The maximum atomic E-state index is 10.9. The number of benzene rings is 2. The van der Waals surface area contributed by atoms with E-state index in [1.54, 1.807) is 36.1 Å². The van der Waals surface area contributed by atoms with Gasteiger partial charge in [0.05, 0.1) is 12.5 Å². The molecule has 136 valence electrons. The Morgan fingerprint density at radius 3 is 2.70 bits per heavy atom. The summed E-state index contributed by atoms with van der Waals surface area (Å²) in [4.78, 5) is 5.22. The topological polar surface area (TPSA) is 58.3 Å². The zero-order valence-corrected chi connectivity index (χ0v) is 16.4. The predicted molar refractivity (Wildman–Crippen MR) is 111 cm³/mol. The molecule has 0 bridgehead atoms. The highest BCUT2D eigenvalue weighted by Gasteiger charge is 2.17. The number of nitrogens with zero attached hydrogens (tertiary/aromatic N) is 1. The van der Waals surface area contributed by atoms with Crippen LogP contribution in [0.1, 0.15) is 17.2 Å². The molecule has 0 aliphatic rings. The minimum Gasteiger partial charge on any atom is -0.472 e. The van der Waals surface area contributed by atoms with Crippen molar-refractivity contribution in [3.05, 3.63) is 88.8 Å². The monoisotopic (exact) mass is 414 g/mol. The lowest BCUT2D eigenvalue weighted by Gasteiger charge is -2.16. The predicted octanol–water partition coefficient (Wildman–Crippen LogP) is 6.26. The van der Waals surface area contributed by atoms with Crippen molar-refractivity contribution in [1.82, 2.24) is 4.98 Å². The van der Waals surface area contributed by atoms with Crippen LogP contribution in [0.15, 0.2) is 81.9 Å². The van der Waals surface area contributed by atoms with Gasteiger partial charge in [-0.2, -0.15) is 0 Å². The molecule has 4 aromatic rings. The Labute approximate surface area is 170 Å². The van der Waals surface area contributed by atoms with E-state index in [9.17, 15) is 5.11 Å². The van der Waals surface area contributed by atoms with Crippen molar-refractivity contribution in [3.63, 3.8) is 0 Å². The summed E-state index contributed by atoms with van der Waals surface area (Å²) in [6, 6.07) is 15.1. The van der Waals surface area contributed by atoms with Gasteiger partial charge in [0.25, 0.3) is 0 Å². The van der Waals surface area contributed by atoms with Gasteiger partial charge in [0.1, 0.15) is 6.10 Å². The van der Waals surface area contributed by atoms with Crippen LogP contribution in [0.5, 0.6) is 0 Å². The first-order chi connectivity index (χ1) is 13.2. The molecule has 0 amide bonds. The number of rotatable bonds is 6. The molecule has 2 aromatic carbocycles. The van der Waals surface area contributed by atoms with Gasteiger partial charge in [-0.3, -0.25) is 0 Å². The molecule has 0 saturated heterocycles. The third-order valence-corrected chi connectivity index (χ3v) is 5.88. The van der Waals surface area contributed by atoms with E-state index in [0.29, 0.717) is 5.02 Å². The lowest BCUT2D eigenvalue weighted by molar-refractivity contribution is 0.221. The quantitative estimate of drug-likeness (QED) is 0.365. The maximum Gasteiger partial charge on any atom is 0.192 e. The van der Waals surface area contributed by atoms with Gasteiger partial charge in [-0.05, 0) is 59.0 Å². The fraction of sp³-hybridized carbons (Fsp3) is 0.0500. The van der Waals surface area contributed by atoms with Crippen molar-refractivity contribution in [3.8, 4) is 11.1 Å². The van der Waals surface area contributed by atoms with Gasteiger partial charge in [-0.15, -0.1) is 11.3 Å². The number of hydrogen-bond donors (Lipinski definition) is 2. The summed E-state index contributed by atoms with van der Waals surface area (Å²) in [6.07, 6.45) is 4.24. The van der Waals surface area contributed by atoms with Crippen molar-refractivity contribution in [2.24, 2.45) is 0 Å². The fourth-order valence-electron chi connectivity index (χ4n) is 2.71. The zero-order valence-electron chi connectivity index (χ0n) is 14.0. The third kappa shape index (κ3) is 4.20. The van der Waals surface area contributed by atoms with E-state index in [1.807, 2.05) is 47.8 Å². The molecule has 1 unspecified atom stereocenters. The van der Waals surface area contributed by atoms with Crippen molar-refractivity contribution in [2.75, 3.05) is 4.72 Å². The van der Waals surface area contributed by atoms with E-state index in [2.05, 4.69) is 9.71 Å². The Morgan fingerprint density at radius 2 is 2.00 bits per heavy atom. The number of aromatic nitrogens is 1. The Bertz CT molecular complexity index is 1000. The summed E-state index contributed by atoms with van der Waals surface area (Å²) >= 11 is 9.19. The number of anilines is 1. The minimum atomic E-state index is -0.766. The summed E-state index contributed by atoms with van der Waals surface area (Å²) in [7, 11) is 0. The molecule has 2 N–H and O–H groups in total. The molecule has 0 saturated carbocycles. The summed E-state index contributed by atoms with van der Waals surface area (Å²) in [5.41, 5.74) is 3.32. The Hall–Kier alpha value is -2.25. The molecule has 0 radical (unpaired) electrons. The molecule has 0 aliphatic carbocycles. The minimum absolute atomic E-state index is 0.613. The van der Waals surface area contributed by atoms with Gasteiger partial charge in [0.15, 0.2) is 5.13 Å². The van der Waals surface area contributed by atoms with Crippen LogP contribution in [0.3, 0.4) is 0 Å².